The zero-order valence-electron chi connectivity index (χ0n) is 14.9. The Morgan fingerprint density at radius 2 is 1.61 bits per heavy atom. The number of rotatable bonds is 8. The first-order valence-electron chi connectivity index (χ1n) is 8.75. The quantitative estimate of drug-likeness (QED) is 0.796. The van der Waals surface area contributed by atoms with E-state index >= 15 is 0 Å². The Bertz CT molecular complexity index is 478. The topological polar surface area (TPSA) is 41.9 Å². The van der Waals surface area contributed by atoms with Gasteiger partial charge in [-0.15, -0.1) is 0 Å². The van der Waals surface area contributed by atoms with Crippen LogP contribution in [0.5, 0.6) is 11.5 Å². The summed E-state index contributed by atoms with van der Waals surface area (Å²) >= 11 is 0. The van der Waals surface area contributed by atoms with Crippen molar-refractivity contribution in [3.63, 3.8) is 0 Å². The average Bonchev–Trinajstić information content (AvgIpc) is 2.50. The van der Waals surface area contributed by atoms with Crippen LogP contribution in [0.4, 0.5) is 0 Å². The molecule has 1 unspecified atom stereocenters. The Hall–Kier alpha value is -1.26. The van der Waals surface area contributed by atoms with Gasteiger partial charge < -0.3 is 19.5 Å². The lowest BCUT2D eigenvalue weighted by molar-refractivity contribution is 0.130. The molecule has 4 heteroatoms. The summed E-state index contributed by atoms with van der Waals surface area (Å²) in [5.74, 6) is 2.79. The highest BCUT2D eigenvalue weighted by Gasteiger charge is 2.17. The van der Waals surface area contributed by atoms with Crippen molar-refractivity contribution in [2.24, 2.45) is 11.8 Å². The SMILES string of the molecule is CC(C)CN(CCC(O)c1ccc2c(c1)OCCO2)CC(C)C. The van der Waals surface area contributed by atoms with E-state index in [1.807, 2.05) is 18.2 Å². The van der Waals surface area contributed by atoms with Gasteiger partial charge in [0.1, 0.15) is 13.2 Å². The van der Waals surface area contributed by atoms with Gasteiger partial charge >= 0.3 is 0 Å². The highest BCUT2D eigenvalue weighted by atomic mass is 16.6. The number of benzene rings is 1. The molecule has 130 valence electrons. The molecular formula is C19H31NO3. The first-order valence-corrected chi connectivity index (χ1v) is 8.75. The second kappa shape index (κ2) is 8.55. The maximum Gasteiger partial charge on any atom is 0.161 e. The summed E-state index contributed by atoms with van der Waals surface area (Å²) in [6.07, 6.45) is 0.270. The molecule has 1 aliphatic rings. The lowest BCUT2D eigenvalue weighted by atomic mass is 10.0. The van der Waals surface area contributed by atoms with Gasteiger partial charge in [0.25, 0.3) is 0 Å². The van der Waals surface area contributed by atoms with Gasteiger partial charge in [-0.2, -0.15) is 0 Å². The number of hydrogen-bond acceptors (Lipinski definition) is 4. The van der Waals surface area contributed by atoms with Crippen LogP contribution in [0.2, 0.25) is 0 Å². The Balaban J connectivity index is 1.93. The third-order valence-corrected chi connectivity index (χ3v) is 3.92. The molecule has 0 aliphatic carbocycles. The molecule has 1 heterocycles. The standard InChI is InChI=1S/C19H31NO3/c1-14(2)12-20(13-15(3)4)8-7-17(21)16-5-6-18-19(11-16)23-10-9-22-18/h5-6,11,14-15,17,21H,7-10,12-13H2,1-4H3. The molecule has 4 nitrogen and oxygen atoms in total. The number of hydrogen-bond donors (Lipinski definition) is 1. The zero-order valence-corrected chi connectivity index (χ0v) is 14.9. The van der Waals surface area contributed by atoms with Crippen LogP contribution in [-0.2, 0) is 0 Å². The van der Waals surface area contributed by atoms with Gasteiger partial charge in [0.15, 0.2) is 11.5 Å². The van der Waals surface area contributed by atoms with E-state index in [2.05, 4.69) is 32.6 Å². The van der Waals surface area contributed by atoms with Gasteiger partial charge in [-0.25, -0.2) is 0 Å². The maximum atomic E-state index is 10.5. The van der Waals surface area contributed by atoms with Gasteiger partial charge in [-0.3, -0.25) is 0 Å². The van der Waals surface area contributed by atoms with Gasteiger partial charge in [0.2, 0.25) is 0 Å². The highest BCUT2D eigenvalue weighted by molar-refractivity contribution is 5.44. The fourth-order valence-corrected chi connectivity index (χ4v) is 3.03. The van der Waals surface area contributed by atoms with E-state index in [-0.39, 0.29) is 0 Å². The number of fused-ring (bicyclic) bond motifs is 1. The van der Waals surface area contributed by atoms with Crippen molar-refractivity contribution >= 4 is 0 Å². The largest absolute Gasteiger partial charge is 0.486 e. The summed E-state index contributed by atoms with van der Waals surface area (Å²) in [6.45, 7) is 13.2. The fraction of sp³-hybridized carbons (Fsp3) is 0.684. The monoisotopic (exact) mass is 321 g/mol. The van der Waals surface area contributed by atoms with Crippen LogP contribution in [0.1, 0.15) is 45.8 Å². The van der Waals surface area contributed by atoms with Crippen molar-refractivity contribution in [2.45, 2.75) is 40.2 Å². The van der Waals surface area contributed by atoms with E-state index in [1.54, 1.807) is 0 Å². The molecule has 2 rings (SSSR count). The molecular weight excluding hydrogens is 290 g/mol. The Morgan fingerprint density at radius 3 is 2.22 bits per heavy atom. The van der Waals surface area contributed by atoms with Crippen LogP contribution < -0.4 is 9.47 Å². The van der Waals surface area contributed by atoms with E-state index in [0.29, 0.717) is 25.0 Å². The van der Waals surface area contributed by atoms with Crippen molar-refractivity contribution < 1.29 is 14.6 Å². The lowest BCUT2D eigenvalue weighted by Crippen LogP contribution is -2.33. The molecule has 0 saturated carbocycles. The average molecular weight is 321 g/mol. The minimum atomic E-state index is -0.465. The molecule has 1 aromatic carbocycles. The van der Waals surface area contributed by atoms with Crippen molar-refractivity contribution in [1.82, 2.24) is 4.90 Å². The van der Waals surface area contributed by atoms with Crippen LogP contribution in [0.15, 0.2) is 18.2 Å². The molecule has 0 aromatic heterocycles. The summed E-state index contributed by atoms with van der Waals surface area (Å²) in [5.41, 5.74) is 0.906. The van der Waals surface area contributed by atoms with Crippen LogP contribution in [0, 0.1) is 11.8 Å². The lowest BCUT2D eigenvalue weighted by Gasteiger charge is -2.27. The molecule has 0 spiro atoms. The summed E-state index contributed by atoms with van der Waals surface area (Å²) in [7, 11) is 0. The smallest absolute Gasteiger partial charge is 0.161 e. The molecule has 0 fully saturated rings. The van der Waals surface area contributed by atoms with E-state index in [1.165, 1.54) is 0 Å². The van der Waals surface area contributed by atoms with Crippen molar-refractivity contribution in [3.8, 4) is 11.5 Å². The predicted octanol–water partition coefficient (Wildman–Crippen LogP) is 3.50. The minimum absolute atomic E-state index is 0.465. The van der Waals surface area contributed by atoms with Crippen molar-refractivity contribution in [3.05, 3.63) is 23.8 Å². The molecule has 0 radical (unpaired) electrons. The molecule has 1 N–H and O–H groups in total. The Kier molecular flexibility index (Phi) is 6.72. The molecule has 0 saturated heterocycles. The first-order chi connectivity index (χ1) is 11.0. The van der Waals surface area contributed by atoms with Gasteiger partial charge in [0, 0.05) is 19.6 Å². The van der Waals surface area contributed by atoms with E-state index in [9.17, 15) is 5.11 Å². The number of aliphatic hydroxyl groups is 1. The Labute approximate surface area is 140 Å². The molecule has 1 aliphatic heterocycles. The summed E-state index contributed by atoms with van der Waals surface area (Å²) in [4.78, 5) is 2.45. The Morgan fingerprint density at radius 1 is 1.00 bits per heavy atom. The van der Waals surface area contributed by atoms with Crippen LogP contribution in [0.25, 0.3) is 0 Å². The predicted molar refractivity (Wildman–Crippen MR) is 93.1 cm³/mol. The van der Waals surface area contributed by atoms with E-state index < -0.39 is 6.10 Å². The zero-order chi connectivity index (χ0) is 16.8. The molecule has 1 aromatic rings. The third-order valence-electron chi connectivity index (χ3n) is 3.92. The molecule has 23 heavy (non-hydrogen) atoms. The third kappa shape index (κ3) is 5.70. The molecule has 0 amide bonds. The van der Waals surface area contributed by atoms with Crippen LogP contribution >= 0.6 is 0 Å². The van der Waals surface area contributed by atoms with E-state index in [4.69, 9.17) is 9.47 Å². The molecule has 1 atom stereocenters. The van der Waals surface area contributed by atoms with Gasteiger partial charge in [-0.1, -0.05) is 33.8 Å². The number of aliphatic hydroxyl groups excluding tert-OH is 1. The second-order valence-corrected chi connectivity index (χ2v) is 7.25. The normalized spacial score (nSPS) is 15.5. The fourth-order valence-electron chi connectivity index (χ4n) is 3.03. The van der Waals surface area contributed by atoms with Crippen LogP contribution in [-0.4, -0.2) is 42.9 Å². The van der Waals surface area contributed by atoms with Crippen molar-refractivity contribution in [1.29, 1.82) is 0 Å². The van der Waals surface area contributed by atoms with Gasteiger partial charge in [-0.05, 0) is 36.0 Å². The number of nitrogens with zero attached hydrogens (tertiary/aromatic N) is 1. The van der Waals surface area contributed by atoms with Gasteiger partial charge in [0.05, 0.1) is 6.10 Å². The minimum Gasteiger partial charge on any atom is -0.486 e. The summed E-state index contributed by atoms with van der Waals surface area (Å²) in [6, 6.07) is 5.74. The summed E-state index contributed by atoms with van der Waals surface area (Å²) in [5, 5.41) is 10.5. The second-order valence-electron chi connectivity index (χ2n) is 7.25. The van der Waals surface area contributed by atoms with E-state index in [0.717, 1.165) is 43.1 Å². The van der Waals surface area contributed by atoms with Crippen LogP contribution in [0.3, 0.4) is 0 Å². The summed E-state index contributed by atoms with van der Waals surface area (Å²) < 4.78 is 11.1. The molecule has 0 bridgehead atoms. The number of ether oxygens (including phenoxy) is 2. The first kappa shape index (κ1) is 18.1. The maximum absolute atomic E-state index is 10.5. The highest BCUT2D eigenvalue weighted by Crippen LogP contribution is 2.33. The van der Waals surface area contributed by atoms with Crippen molar-refractivity contribution in [2.75, 3.05) is 32.8 Å².